The second-order valence-electron chi connectivity index (χ2n) is 4.51. The maximum Gasteiger partial charge on any atom is 0.314 e. The average Bonchev–Trinajstić information content (AvgIpc) is 3.09. The molecule has 1 aliphatic rings. The zero-order chi connectivity index (χ0) is 12.0. The quantitative estimate of drug-likeness (QED) is 0.822. The first kappa shape index (κ1) is 10.1. The molecule has 0 amide bonds. The number of hydrogen-bond donors (Lipinski definition) is 2. The number of carbonyl (C=O) groups is 1. The molecule has 4 heteroatoms. The van der Waals surface area contributed by atoms with Gasteiger partial charge in [-0.1, -0.05) is 12.1 Å². The summed E-state index contributed by atoms with van der Waals surface area (Å²) in [7, 11) is 0. The largest absolute Gasteiger partial charge is 0.481 e. The van der Waals surface area contributed by atoms with Crippen molar-refractivity contribution >= 4 is 16.9 Å². The second kappa shape index (κ2) is 3.20. The Morgan fingerprint density at radius 2 is 1.94 bits per heavy atom. The number of benzene rings is 1. The molecule has 4 nitrogen and oxygen atoms in total. The van der Waals surface area contributed by atoms with Gasteiger partial charge in [0.1, 0.15) is 0 Å². The molecule has 17 heavy (non-hydrogen) atoms. The van der Waals surface area contributed by atoms with Crippen LogP contribution in [0.2, 0.25) is 0 Å². The normalized spacial score (nSPS) is 16.9. The van der Waals surface area contributed by atoms with E-state index in [2.05, 4.69) is 4.98 Å². The Balaban J connectivity index is 2.20. The molecule has 2 aromatic rings. The molecular weight excluding hydrogens is 218 g/mol. The lowest BCUT2D eigenvalue weighted by molar-refractivity contribution is -0.140. The molecule has 1 aromatic carbocycles. The van der Waals surface area contributed by atoms with E-state index < -0.39 is 11.4 Å². The molecule has 86 valence electrons. The van der Waals surface area contributed by atoms with E-state index in [1.54, 1.807) is 12.1 Å². The fraction of sp³-hybridized carbons (Fsp3) is 0.231. The fourth-order valence-electron chi connectivity index (χ4n) is 2.20. The monoisotopic (exact) mass is 229 g/mol. The highest BCUT2D eigenvalue weighted by atomic mass is 16.4. The first-order valence-corrected chi connectivity index (χ1v) is 5.49. The van der Waals surface area contributed by atoms with Gasteiger partial charge in [0, 0.05) is 11.6 Å². The van der Waals surface area contributed by atoms with Gasteiger partial charge in [-0.05, 0) is 35.9 Å². The minimum atomic E-state index is -0.782. The molecule has 0 aliphatic heterocycles. The van der Waals surface area contributed by atoms with Crippen LogP contribution in [0.5, 0.6) is 0 Å². The Labute approximate surface area is 96.9 Å². The Bertz CT molecular complexity index is 668. The summed E-state index contributed by atoms with van der Waals surface area (Å²) in [6, 6.07) is 8.66. The van der Waals surface area contributed by atoms with Crippen LogP contribution in [-0.2, 0) is 10.2 Å². The van der Waals surface area contributed by atoms with Crippen LogP contribution >= 0.6 is 0 Å². The van der Waals surface area contributed by atoms with Gasteiger partial charge in [0.15, 0.2) is 0 Å². The molecule has 2 N–H and O–H groups in total. The number of aromatic amines is 1. The van der Waals surface area contributed by atoms with Crippen LogP contribution in [0.1, 0.15) is 18.4 Å². The van der Waals surface area contributed by atoms with Crippen molar-refractivity contribution in [2.75, 3.05) is 0 Å². The molecule has 1 fully saturated rings. The topological polar surface area (TPSA) is 70.2 Å². The number of rotatable bonds is 2. The molecule has 1 saturated carbocycles. The van der Waals surface area contributed by atoms with Gasteiger partial charge in [0.05, 0.1) is 5.41 Å². The SMILES string of the molecule is O=C(O)C1(c2ccc3ccc(=O)[nH]c3c2)CC1. The molecule has 0 atom stereocenters. The van der Waals surface area contributed by atoms with E-state index in [0.29, 0.717) is 18.4 Å². The molecule has 0 saturated heterocycles. The van der Waals surface area contributed by atoms with Gasteiger partial charge in [0.2, 0.25) is 5.56 Å². The van der Waals surface area contributed by atoms with E-state index in [9.17, 15) is 14.7 Å². The third-order valence-corrected chi connectivity index (χ3v) is 3.44. The molecule has 0 spiro atoms. The fourth-order valence-corrected chi connectivity index (χ4v) is 2.20. The van der Waals surface area contributed by atoms with Crippen LogP contribution in [0, 0.1) is 0 Å². The van der Waals surface area contributed by atoms with Crippen LogP contribution in [0.25, 0.3) is 10.9 Å². The summed E-state index contributed by atoms with van der Waals surface area (Å²) in [5.41, 5.74) is 0.581. The van der Waals surface area contributed by atoms with Crippen LogP contribution in [-0.4, -0.2) is 16.1 Å². The second-order valence-corrected chi connectivity index (χ2v) is 4.51. The zero-order valence-corrected chi connectivity index (χ0v) is 9.06. The van der Waals surface area contributed by atoms with Crippen molar-refractivity contribution in [2.45, 2.75) is 18.3 Å². The lowest BCUT2D eigenvalue weighted by Crippen LogP contribution is -2.19. The third-order valence-electron chi connectivity index (χ3n) is 3.44. The highest BCUT2D eigenvalue weighted by molar-refractivity contribution is 5.87. The van der Waals surface area contributed by atoms with Gasteiger partial charge in [-0.25, -0.2) is 0 Å². The zero-order valence-electron chi connectivity index (χ0n) is 9.06. The van der Waals surface area contributed by atoms with Crippen LogP contribution in [0.15, 0.2) is 35.1 Å². The van der Waals surface area contributed by atoms with Gasteiger partial charge >= 0.3 is 5.97 Å². The molecule has 0 unspecified atom stereocenters. The Kier molecular flexibility index (Phi) is 1.90. The molecular formula is C13H11NO3. The van der Waals surface area contributed by atoms with Crippen molar-refractivity contribution in [3.8, 4) is 0 Å². The Hall–Kier alpha value is -2.10. The van der Waals surface area contributed by atoms with Gasteiger partial charge in [-0.15, -0.1) is 0 Å². The first-order chi connectivity index (χ1) is 8.12. The Morgan fingerprint density at radius 1 is 1.24 bits per heavy atom. The third kappa shape index (κ3) is 1.45. The van der Waals surface area contributed by atoms with E-state index in [1.165, 1.54) is 6.07 Å². The van der Waals surface area contributed by atoms with Crippen molar-refractivity contribution in [1.29, 1.82) is 0 Å². The van der Waals surface area contributed by atoms with Gasteiger partial charge in [-0.3, -0.25) is 9.59 Å². The van der Waals surface area contributed by atoms with E-state index in [0.717, 1.165) is 10.9 Å². The summed E-state index contributed by atoms with van der Waals surface area (Å²) in [6.07, 6.45) is 1.34. The number of carboxylic acid groups (broad SMARTS) is 1. The summed E-state index contributed by atoms with van der Waals surface area (Å²) in [5, 5.41) is 10.1. The average molecular weight is 229 g/mol. The first-order valence-electron chi connectivity index (χ1n) is 5.49. The maximum absolute atomic E-state index is 11.2. The highest BCUT2D eigenvalue weighted by Gasteiger charge is 2.51. The lowest BCUT2D eigenvalue weighted by Gasteiger charge is -2.10. The molecule has 1 aliphatic carbocycles. The summed E-state index contributed by atoms with van der Waals surface area (Å²) in [5.74, 6) is -0.782. The maximum atomic E-state index is 11.2. The number of carboxylic acids is 1. The van der Waals surface area contributed by atoms with Crippen molar-refractivity contribution in [2.24, 2.45) is 0 Å². The molecule has 3 rings (SSSR count). The van der Waals surface area contributed by atoms with Crippen LogP contribution in [0.3, 0.4) is 0 Å². The van der Waals surface area contributed by atoms with E-state index >= 15 is 0 Å². The number of fused-ring (bicyclic) bond motifs is 1. The number of aliphatic carboxylic acids is 1. The smallest absolute Gasteiger partial charge is 0.314 e. The summed E-state index contributed by atoms with van der Waals surface area (Å²) in [4.78, 5) is 25.2. The minimum Gasteiger partial charge on any atom is -0.481 e. The van der Waals surface area contributed by atoms with Crippen molar-refractivity contribution < 1.29 is 9.90 Å². The van der Waals surface area contributed by atoms with Crippen LogP contribution in [0.4, 0.5) is 0 Å². The number of hydrogen-bond acceptors (Lipinski definition) is 2. The highest BCUT2D eigenvalue weighted by Crippen LogP contribution is 2.48. The minimum absolute atomic E-state index is 0.171. The van der Waals surface area contributed by atoms with E-state index in [1.807, 2.05) is 12.1 Å². The van der Waals surface area contributed by atoms with Crippen molar-refractivity contribution in [3.63, 3.8) is 0 Å². The number of aromatic nitrogens is 1. The number of H-pyrrole nitrogens is 1. The predicted molar refractivity (Wildman–Crippen MR) is 63.1 cm³/mol. The number of nitrogens with one attached hydrogen (secondary N) is 1. The van der Waals surface area contributed by atoms with Crippen molar-refractivity contribution in [3.05, 3.63) is 46.2 Å². The van der Waals surface area contributed by atoms with Gasteiger partial charge in [-0.2, -0.15) is 0 Å². The van der Waals surface area contributed by atoms with Crippen LogP contribution < -0.4 is 5.56 Å². The molecule has 1 aromatic heterocycles. The van der Waals surface area contributed by atoms with Crippen molar-refractivity contribution in [1.82, 2.24) is 4.98 Å². The van der Waals surface area contributed by atoms with Gasteiger partial charge < -0.3 is 10.1 Å². The molecule has 1 heterocycles. The van der Waals surface area contributed by atoms with E-state index in [4.69, 9.17) is 0 Å². The van der Waals surface area contributed by atoms with Gasteiger partial charge in [0.25, 0.3) is 0 Å². The Morgan fingerprint density at radius 3 is 2.59 bits per heavy atom. The summed E-state index contributed by atoms with van der Waals surface area (Å²) in [6.45, 7) is 0. The van der Waals surface area contributed by atoms with E-state index in [-0.39, 0.29) is 5.56 Å². The standard InChI is InChI=1S/C13H11NO3/c15-11-4-2-8-1-3-9(7-10(8)14-11)13(5-6-13)12(16)17/h1-4,7H,5-6H2,(H,14,15)(H,16,17). The summed E-state index contributed by atoms with van der Waals surface area (Å²) < 4.78 is 0. The summed E-state index contributed by atoms with van der Waals surface area (Å²) >= 11 is 0. The number of pyridine rings is 1. The lowest BCUT2D eigenvalue weighted by atomic mass is 9.95. The predicted octanol–water partition coefficient (Wildman–Crippen LogP) is 1.64. The molecule has 0 bridgehead atoms. The molecule has 0 radical (unpaired) electrons.